The van der Waals surface area contributed by atoms with Crippen molar-refractivity contribution in [3.63, 3.8) is 0 Å². The van der Waals surface area contributed by atoms with Gasteiger partial charge in [-0.2, -0.15) is 0 Å². The minimum absolute atomic E-state index is 0.152. The summed E-state index contributed by atoms with van der Waals surface area (Å²) < 4.78 is 8.53. The van der Waals surface area contributed by atoms with E-state index in [1.54, 1.807) is 0 Å². The molecule has 0 amide bonds. The summed E-state index contributed by atoms with van der Waals surface area (Å²) in [4.78, 5) is 0. The van der Waals surface area contributed by atoms with Gasteiger partial charge in [-0.25, -0.2) is 0 Å². The molecule has 2 unspecified atom stereocenters. The fourth-order valence-electron chi connectivity index (χ4n) is 1.50. The number of rotatable bonds is 1. The highest BCUT2D eigenvalue weighted by atomic mass is 127. The molecule has 0 aromatic heterocycles. The first-order valence-corrected chi connectivity index (χ1v) is 6.61. The summed E-state index contributed by atoms with van der Waals surface area (Å²) in [6.45, 7) is 2.10. The predicted molar refractivity (Wildman–Crippen MR) is 74.8 cm³/mol. The Labute approximate surface area is 111 Å². The van der Waals surface area contributed by atoms with E-state index < -0.39 is 0 Å². The van der Waals surface area contributed by atoms with Crippen LogP contribution in [-0.2, 0) is 4.74 Å². The van der Waals surface area contributed by atoms with Crippen molar-refractivity contribution in [3.05, 3.63) is 43.1 Å². The van der Waals surface area contributed by atoms with Crippen molar-refractivity contribution in [2.24, 2.45) is 0 Å². The van der Waals surface area contributed by atoms with E-state index in [0.717, 1.165) is 0 Å². The third-order valence-corrected chi connectivity index (χ3v) is 5.89. The molecule has 2 rings (SSSR count). The second-order valence-corrected chi connectivity index (χ2v) is 5.59. The molecule has 0 spiro atoms. The third-order valence-electron chi connectivity index (χ3n) is 2.26. The van der Waals surface area contributed by atoms with Gasteiger partial charge in [0, 0.05) is 7.16 Å². The lowest BCUT2D eigenvalue weighted by Gasteiger charge is -2.12. The van der Waals surface area contributed by atoms with Gasteiger partial charge >= 0.3 is 0 Å². The second kappa shape index (κ2) is 4.49. The minimum atomic E-state index is 0.152. The molecule has 74 valence electrons. The smallest absolute Gasteiger partial charge is 0.115 e. The minimum Gasteiger partial charge on any atom is -0.360 e. The first kappa shape index (κ1) is 10.9. The zero-order chi connectivity index (χ0) is 10.1. The standard InChI is InChI=1S/C11H10I2O/c1-7-9(12)10(13)11(14-7)8-5-3-2-4-6-8/h2-7,11H,1H3. The lowest BCUT2D eigenvalue weighted by atomic mass is 10.1. The van der Waals surface area contributed by atoms with E-state index >= 15 is 0 Å². The van der Waals surface area contributed by atoms with Gasteiger partial charge in [0.1, 0.15) is 6.10 Å². The van der Waals surface area contributed by atoms with E-state index in [0.29, 0.717) is 0 Å². The maximum absolute atomic E-state index is 5.88. The van der Waals surface area contributed by atoms with Crippen molar-refractivity contribution < 1.29 is 4.74 Å². The van der Waals surface area contributed by atoms with E-state index in [2.05, 4.69) is 76.4 Å². The summed E-state index contributed by atoms with van der Waals surface area (Å²) in [5.41, 5.74) is 1.25. The average Bonchev–Trinajstić information content (AvgIpc) is 2.47. The molecule has 0 saturated carbocycles. The summed E-state index contributed by atoms with van der Waals surface area (Å²) in [5, 5.41) is 0. The molecule has 0 aliphatic carbocycles. The third kappa shape index (κ3) is 1.99. The van der Waals surface area contributed by atoms with Crippen LogP contribution in [0.1, 0.15) is 18.6 Å². The van der Waals surface area contributed by atoms with Crippen molar-refractivity contribution in [1.29, 1.82) is 0 Å². The van der Waals surface area contributed by atoms with Gasteiger partial charge in [0.2, 0.25) is 0 Å². The normalized spacial score (nSPS) is 27.1. The lowest BCUT2D eigenvalue weighted by molar-refractivity contribution is 0.0702. The van der Waals surface area contributed by atoms with Gasteiger partial charge in [-0.05, 0) is 57.7 Å². The summed E-state index contributed by atoms with van der Waals surface area (Å²) in [5.74, 6) is 0. The number of ether oxygens (including phenoxy) is 1. The molecule has 14 heavy (non-hydrogen) atoms. The van der Waals surface area contributed by atoms with Crippen LogP contribution in [0.5, 0.6) is 0 Å². The van der Waals surface area contributed by atoms with Crippen LogP contribution in [0.2, 0.25) is 0 Å². The monoisotopic (exact) mass is 412 g/mol. The number of hydrogen-bond donors (Lipinski definition) is 0. The highest BCUT2D eigenvalue weighted by Crippen LogP contribution is 2.44. The molecule has 0 fully saturated rings. The molecule has 0 radical (unpaired) electrons. The van der Waals surface area contributed by atoms with Gasteiger partial charge in [0.25, 0.3) is 0 Å². The lowest BCUT2D eigenvalue weighted by Crippen LogP contribution is -2.03. The first-order valence-electron chi connectivity index (χ1n) is 4.45. The molecule has 1 aliphatic rings. The summed E-state index contributed by atoms with van der Waals surface area (Å²) in [6, 6.07) is 10.4. The average molecular weight is 412 g/mol. The summed E-state index contributed by atoms with van der Waals surface area (Å²) >= 11 is 4.76. The van der Waals surface area contributed by atoms with Crippen molar-refractivity contribution >= 4 is 45.2 Å². The molecule has 1 aromatic carbocycles. The van der Waals surface area contributed by atoms with E-state index in [1.807, 2.05) is 6.07 Å². The topological polar surface area (TPSA) is 9.23 Å². The van der Waals surface area contributed by atoms with Crippen molar-refractivity contribution in [2.75, 3.05) is 0 Å². The highest BCUT2D eigenvalue weighted by Gasteiger charge is 2.29. The van der Waals surface area contributed by atoms with Gasteiger partial charge in [-0.3, -0.25) is 0 Å². The van der Waals surface area contributed by atoms with Crippen LogP contribution in [0.15, 0.2) is 37.5 Å². The fraction of sp³-hybridized carbons (Fsp3) is 0.273. The second-order valence-electron chi connectivity index (χ2n) is 3.26. The predicted octanol–water partition coefficient (Wildman–Crippen LogP) is 4.23. The van der Waals surface area contributed by atoms with Crippen LogP contribution in [-0.4, -0.2) is 6.10 Å². The molecule has 1 aromatic rings. The maximum atomic E-state index is 5.88. The van der Waals surface area contributed by atoms with E-state index in [1.165, 1.54) is 12.7 Å². The Morgan fingerprint density at radius 1 is 1.07 bits per heavy atom. The number of halogens is 2. The summed E-state index contributed by atoms with van der Waals surface area (Å²) in [6.07, 6.45) is 0.395. The molecule has 1 aliphatic heterocycles. The van der Waals surface area contributed by atoms with Gasteiger partial charge in [0.15, 0.2) is 0 Å². The van der Waals surface area contributed by atoms with Crippen LogP contribution in [0.25, 0.3) is 0 Å². The molecule has 2 atom stereocenters. The zero-order valence-electron chi connectivity index (χ0n) is 7.71. The Bertz CT molecular complexity index is 359. The Hall–Kier alpha value is 0.380. The molecule has 3 heteroatoms. The Kier molecular flexibility index (Phi) is 3.49. The Balaban J connectivity index is 2.32. The molecular weight excluding hydrogens is 402 g/mol. The molecule has 0 N–H and O–H groups in total. The number of hydrogen-bond acceptors (Lipinski definition) is 1. The van der Waals surface area contributed by atoms with Crippen molar-refractivity contribution in [2.45, 2.75) is 19.1 Å². The van der Waals surface area contributed by atoms with Gasteiger partial charge in [-0.15, -0.1) is 0 Å². The van der Waals surface area contributed by atoms with Crippen molar-refractivity contribution in [3.8, 4) is 0 Å². The summed E-state index contributed by atoms with van der Waals surface area (Å²) in [7, 11) is 0. The SMILES string of the molecule is CC1OC(c2ccccc2)C(I)=C1I. The molecule has 0 bridgehead atoms. The van der Waals surface area contributed by atoms with Crippen LogP contribution < -0.4 is 0 Å². The van der Waals surface area contributed by atoms with E-state index in [9.17, 15) is 0 Å². The molecule has 1 nitrogen and oxygen atoms in total. The molecular formula is C11H10I2O. The largest absolute Gasteiger partial charge is 0.360 e. The van der Waals surface area contributed by atoms with Gasteiger partial charge in [-0.1, -0.05) is 30.3 Å². The molecule has 1 heterocycles. The highest BCUT2D eigenvalue weighted by molar-refractivity contribution is 14.1. The van der Waals surface area contributed by atoms with Crippen LogP contribution in [0.3, 0.4) is 0 Å². The molecule has 0 saturated heterocycles. The van der Waals surface area contributed by atoms with Crippen LogP contribution in [0.4, 0.5) is 0 Å². The Morgan fingerprint density at radius 2 is 1.71 bits per heavy atom. The van der Waals surface area contributed by atoms with E-state index in [4.69, 9.17) is 4.74 Å². The van der Waals surface area contributed by atoms with E-state index in [-0.39, 0.29) is 12.2 Å². The van der Waals surface area contributed by atoms with Crippen molar-refractivity contribution in [1.82, 2.24) is 0 Å². The van der Waals surface area contributed by atoms with Crippen LogP contribution >= 0.6 is 45.2 Å². The van der Waals surface area contributed by atoms with Crippen LogP contribution in [0, 0.1) is 0 Å². The quantitative estimate of drug-likeness (QED) is 0.628. The van der Waals surface area contributed by atoms with Gasteiger partial charge in [0.05, 0.1) is 6.10 Å². The zero-order valence-corrected chi connectivity index (χ0v) is 12.0. The fourth-order valence-corrected chi connectivity index (χ4v) is 2.87. The Morgan fingerprint density at radius 3 is 2.21 bits per heavy atom. The number of benzene rings is 1. The van der Waals surface area contributed by atoms with Gasteiger partial charge < -0.3 is 4.74 Å². The first-order chi connectivity index (χ1) is 6.70. The maximum Gasteiger partial charge on any atom is 0.115 e.